The first-order valence-corrected chi connectivity index (χ1v) is 5.87. The third kappa shape index (κ3) is 3.89. The fourth-order valence-electron chi connectivity index (χ4n) is 1.22. The van der Waals surface area contributed by atoms with Crippen molar-refractivity contribution >= 4 is 23.5 Å². The molecule has 0 bridgehead atoms. The maximum absolute atomic E-state index is 11.5. The molecule has 1 amide bonds. The van der Waals surface area contributed by atoms with Gasteiger partial charge in [0.1, 0.15) is 0 Å². The standard InChI is InChI=1S/C10H17ClN4O2/c1-10(2,8(16)12-3)6-13-9-15-14-7(17-9)4-5-11/h4-6H2,1-3H3,(H,12,16)(H,13,15). The minimum atomic E-state index is -0.546. The summed E-state index contributed by atoms with van der Waals surface area (Å²) in [6, 6.07) is 0.307. The van der Waals surface area contributed by atoms with E-state index in [1.807, 2.05) is 13.8 Å². The van der Waals surface area contributed by atoms with E-state index in [0.29, 0.717) is 30.8 Å². The van der Waals surface area contributed by atoms with E-state index in [0.717, 1.165) is 0 Å². The van der Waals surface area contributed by atoms with Gasteiger partial charge in [0, 0.05) is 25.9 Å². The summed E-state index contributed by atoms with van der Waals surface area (Å²) in [5.41, 5.74) is -0.546. The molecule has 0 radical (unpaired) electrons. The molecule has 0 aromatic carbocycles. The number of carbonyl (C=O) groups is 1. The van der Waals surface area contributed by atoms with E-state index in [9.17, 15) is 4.79 Å². The number of aryl methyl sites for hydroxylation is 1. The topological polar surface area (TPSA) is 80.0 Å². The largest absolute Gasteiger partial charge is 0.408 e. The lowest BCUT2D eigenvalue weighted by molar-refractivity contribution is -0.128. The highest BCUT2D eigenvalue weighted by molar-refractivity contribution is 6.17. The summed E-state index contributed by atoms with van der Waals surface area (Å²) in [5.74, 6) is 0.872. The number of nitrogens with zero attached hydrogens (tertiary/aromatic N) is 2. The molecule has 2 N–H and O–H groups in total. The molecular weight excluding hydrogens is 244 g/mol. The molecule has 0 fully saturated rings. The van der Waals surface area contributed by atoms with Gasteiger partial charge in [0.05, 0.1) is 5.41 Å². The molecule has 1 heterocycles. The smallest absolute Gasteiger partial charge is 0.315 e. The molecule has 0 aliphatic heterocycles. The summed E-state index contributed by atoms with van der Waals surface area (Å²) in [7, 11) is 1.61. The highest BCUT2D eigenvalue weighted by Crippen LogP contribution is 2.16. The lowest BCUT2D eigenvalue weighted by Gasteiger charge is -2.21. The van der Waals surface area contributed by atoms with Crippen LogP contribution >= 0.6 is 11.6 Å². The number of carbonyl (C=O) groups excluding carboxylic acids is 1. The van der Waals surface area contributed by atoms with Crippen molar-refractivity contribution in [3.63, 3.8) is 0 Å². The summed E-state index contributed by atoms with van der Waals surface area (Å²) >= 11 is 5.55. The van der Waals surface area contributed by atoms with Crippen molar-refractivity contribution in [3.8, 4) is 0 Å². The second-order valence-corrected chi connectivity index (χ2v) is 4.63. The van der Waals surface area contributed by atoms with Crippen molar-refractivity contribution in [2.45, 2.75) is 20.3 Å². The van der Waals surface area contributed by atoms with Crippen LogP contribution in [-0.2, 0) is 11.2 Å². The zero-order valence-corrected chi connectivity index (χ0v) is 11.0. The van der Waals surface area contributed by atoms with Gasteiger partial charge in [0.25, 0.3) is 0 Å². The Morgan fingerprint density at radius 3 is 2.76 bits per heavy atom. The molecule has 0 unspecified atom stereocenters. The molecule has 1 rings (SSSR count). The van der Waals surface area contributed by atoms with Crippen LogP contribution in [0.1, 0.15) is 19.7 Å². The van der Waals surface area contributed by atoms with E-state index in [4.69, 9.17) is 16.0 Å². The fraction of sp³-hybridized carbons (Fsp3) is 0.700. The quantitative estimate of drug-likeness (QED) is 0.747. The van der Waals surface area contributed by atoms with Crippen LogP contribution in [0.2, 0.25) is 0 Å². The Kier molecular flexibility index (Phi) is 4.74. The van der Waals surface area contributed by atoms with Crippen molar-refractivity contribution in [1.82, 2.24) is 15.5 Å². The van der Waals surface area contributed by atoms with Crippen LogP contribution in [0.15, 0.2) is 4.42 Å². The van der Waals surface area contributed by atoms with Gasteiger partial charge in [-0.1, -0.05) is 5.10 Å². The highest BCUT2D eigenvalue weighted by Gasteiger charge is 2.26. The Bertz CT molecular complexity index is 378. The number of nitrogens with one attached hydrogen (secondary N) is 2. The van der Waals surface area contributed by atoms with E-state index in [1.165, 1.54) is 0 Å². The van der Waals surface area contributed by atoms with Crippen LogP contribution in [-0.4, -0.2) is 35.6 Å². The van der Waals surface area contributed by atoms with Gasteiger partial charge < -0.3 is 15.1 Å². The van der Waals surface area contributed by atoms with Crippen molar-refractivity contribution in [2.24, 2.45) is 5.41 Å². The normalized spacial score (nSPS) is 11.3. The molecule has 0 aliphatic rings. The Morgan fingerprint density at radius 1 is 1.47 bits per heavy atom. The number of hydrogen-bond donors (Lipinski definition) is 2. The lowest BCUT2D eigenvalue weighted by Crippen LogP contribution is -2.39. The maximum atomic E-state index is 11.5. The molecule has 1 aromatic rings. The van der Waals surface area contributed by atoms with Gasteiger partial charge in [0.15, 0.2) is 0 Å². The van der Waals surface area contributed by atoms with Gasteiger partial charge in [0.2, 0.25) is 11.8 Å². The number of hydrogen-bond acceptors (Lipinski definition) is 5. The molecule has 0 saturated carbocycles. The second kappa shape index (κ2) is 5.86. The first-order chi connectivity index (χ1) is 7.99. The summed E-state index contributed by atoms with van der Waals surface area (Å²) in [6.07, 6.45) is 0.537. The van der Waals surface area contributed by atoms with Crippen LogP contribution in [0.4, 0.5) is 6.01 Å². The van der Waals surface area contributed by atoms with Crippen LogP contribution in [0.25, 0.3) is 0 Å². The van der Waals surface area contributed by atoms with Crippen molar-refractivity contribution in [1.29, 1.82) is 0 Å². The van der Waals surface area contributed by atoms with Crippen LogP contribution in [0, 0.1) is 5.41 Å². The molecule has 0 atom stereocenters. The molecule has 7 heteroatoms. The molecule has 6 nitrogen and oxygen atoms in total. The number of amides is 1. The Balaban J connectivity index is 2.51. The molecule has 17 heavy (non-hydrogen) atoms. The van der Waals surface area contributed by atoms with Crippen molar-refractivity contribution in [2.75, 3.05) is 24.8 Å². The van der Waals surface area contributed by atoms with E-state index in [2.05, 4.69) is 20.8 Å². The lowest BCUT2D eigenvalue weighted by atomic mass is 9.92. The summed E-state index contributed by atoms with van der Waals surface area (Å²) < 4.78 is 5.28. The van der Waals surface area contributed by atoms with Crippen molar-refractivity contribution in [3.05, 3.63) is 5.89 Å². The van der Waals surface area contributed by atoms with Crippen LogP contribution < -0.4 is 10.6 Å². The van der Waals surface area contributed by atoms with E-state index in [-0.39, 0.29) is 5.91 Å². The summed E-state index contributed by atoms with van der Waals surface area (Å²) in [6.45, 7) is 4.07. The zero-order valence-electron chi connectivity index (χ0n) is 10.2. The first kappa shape index (κ1) is 13.8. The number of anilines is 1. The Hall–Kier alpha value is -1.30. The minimum absolute atomic E-state index is 0.0505. The van der Waals surface area contributed by atoms with Crippen LogP contribution in [0.3, 0.4) is 0 Å². The number of rotatable bonds is 6. The van der Waals surface area contributed by atoms with Crippen molar-refractivity contribution < 1.29 is 9.21 Å². The van der Waals surface area contributed by atoms with Gasteiger partial charge >= 0.3 is 6.01 Å². The third-order valence-electron chi connectivity index (χ3n) is 2.30. The zero-order chi connectivity index (χ0) is 12.9. The predicted molar refractivity (Wildman–Crippen MR) is 65.1 cm³/mol. The fourth-order valence-corrected chi connectivity index (χ4v) is 1.38. The Morgan fingerprint density at radius 2 is 2.18 bits per heavy atom. The van der Waals surface area contributed by atoms with E-state index < -0.39 is 5.41 Å². The average molecular weight is 261 g/mol. The number of alkyl halides is 1. The van der Waals surface area contributed by atoms with E-state index in [1.54, 1.807) is 7.05 Å². The van der Waals surface area contributed by atoms with E-state index >= 15 is 0 Å². The highest BCUT2D eigenvalue weighted by atomic mass is 35.5. The number of aromatic nitrogens is 2. The number of halogens is 1. The van der Waals surface area contributed by atoms with Gasteiger partial charge in [-0.2, -0.15) is 0 Å². The van der Waals surface area contributed by atoms with Crippen LogP contribution in [0.5, 0.6) is 0 Å². The van der Waals surface area contributed by atoms with Gasteiger partial charge in [-0.05, 0) is 13.8 Å². The molecule has 0 saturated heterocycles. The molecule has 96 valence electrons. The average Bonchev–Trinajstić information content (AvgIpc) is 2.74. The second-order valence-electron chi connectivity index (χ2n) is 4.26. The first-order valence-electron chi connectivity index (χ1n) is 5.34. The minimum Gasteiger partial charge on any atom is -0.408 e. The summed E-state index contributed by atoms with van der Waals surface area (Å²) in [4.78, 5) is 11.5. The molecular formula is C10H17ClN4O2. The molecule has 1 aromatic heterocycles. The Labute approximate surface area is 105 Å². The maximum Gasteiger partial charge on any atom is 0.315 e. The summed E-state index contributed by atoms with van der Waals surface area (Å²) in [5, 5.41) is 13.2. The van der Waals surface area contributed by atoms with Gasteiger partial charge in [-0.3, -0.25) is 4.79 Å². The predicted octanol–water partition coefficient (Wildman–Crippen LogP) is 1.03. The molecule has 0 spiro atoms. The SMILES string of the molecule is CNC(=O)C(C)(C)CNc1nnc(CCCl)o1. The van der Waals surface area contributed by atoms with Gasteiger partial charge in [-0.25, -0.2) is 0 Å². The third-order valence-corrected chi connectivity index (χ3v) is 2.49. The van der Waals surface area contributed by atoms with Gasteiger partial charge in [-0.15, -0.1) is 16.7 Å². The monoisotopic (exact) mass is 260 g/mol. The molecule has 0 aliphatic carbocycles.